The maximum Gasteiger partial charge on any atom is 0.251 e. The highest BCUT2D eigenvalue weighted by Gasteiger charge is 2.06. The van der Waals surface area contributed by atoms with Crippen molar-refractivity contribution >= 4 is 16.9 Å². The van der Waals surface area contributed by atoms with Crippen molar-refractivity contribution in [2.24, 2.45) is 0 Å². The van der Waals surface area contributed by atoms with Gasteiger partial charge < -0.3 is 9.88 Å². The van der Waals surface area contributed by atoms with E-state index in [1.807, 2.05) is 79.1 Å². The molecule has 0 aliphatic rings. The number of benzene rings is 3. The van der Waals surface area contributed by atoms with Crippen LogP contribution in [-0.4, -0.2) is 15.5 Å². The Labute approximate surface area is 152 Å². The molecule has 0 saturated heterocycles. The molecule has 4 heteroatoms. The number of rotatable bonds is 5. The molecule has 0 fully saturated rings. The summed E-state index contributed by atoms with van der Waals surface area (Å²) in [7, 11) is 0. The summed E-state index contributed by atoms with van der Waals surface area (Å²) in [4.78, 5) is 16.7. The van der Waals surface area contributed by atoms with Gasteiger partial charge in [-0.25, -0.2) is 4.98 Å². The van der Waals surface area contributed by atoms with E-state index in [0.29, 0.717) is 12.1 Å². The first kappa shape index (κ1) is 16.1. The average Bonchev–Trinajstić information content (AvgIpc) is 3.10. The van der Waals surface area contributed by atoms with Gasteiger partial charge in [0.25, 0.3) is 5.91 Å². The molecule has 4 aromatic rings. The van der Waals surface area contributed by atoms with Crippen molar-refractivity contribution < 1.29 is 4.79 Å². The average molecular weight is 341 g/mol. The third-order valence-electron chi connectivity index (χ3n) is 4.39. The summed E-state index contributed by atoms with van der Waals surface area (Å²) >= 11 is 0. The number of hydrogen-bond donors (Lipinski definition) is 1. The first-order valence-electron chi connectivity index (χ1n) is 8.60. The largest absolute Gasteiger partial charge is 0.348 e. The zero-order valence-corrected chi connectivity index (χ0v) is 14.3. The minimum Gasteiger partial charge on any atom is -0.348 e. The Kier molecular flexibility index (Phi) is 4.48. The maximum absolute atomic E-state index is 12.3. The lowest BCUT2D eigenvalue weighted by molar-refractivity contribution is 0.0951. The highest BCUT2D eigenvalue weighted by molar-refractivity contribution is 5.94. The SMILES string of the molecule is O=C(NCc1ccccc1)c1ccc(Cn2cnc3ccccc32)cc1. The lowest BCUT2D eigenvalue weighted by Gasteiger charge is -2.08. The molecule has 0 bridgehead atoms. The van der Waals surface area contributed by atoms with Crippen LogP contribution in [0.4, 0.5) is 0 Å². The second kappa shape index (κ2) is 7.23. The summed E-state index contributed by atoms with van der Waals surface area (Å²) in [6.45, 7) is 1.26. The predicted molar refractivity (Wildman–Crippen MR) is 103 cm³/mol. The Bertz CT molecular complexity index is 1020. The summed E-state index contributed by atoms with van der Waals surface area (Å²) in [5.74, 6) is -0.0616. The van der Waals surface area contributed by atoms with E-state index in [9.17, 15) is 4.79 Å². The third kappa shape index (κ3) is 3.49. The van der Waals surface area contributed by atoms with Crippen molar-refractivity contribution in [2.75, 3.05) is 0 Å². The molecule has 3 aromatic carbocycles. The quantitative estimate of drug-likeness (QED) is 0.596. The Balaban J connectivity index is 1.42. The molecule has 26 heavy (non-hydrogen) atoms. The molecular formula is C22H19N3O. The number of carbonyl (C=O) groups is 1. The van der Waals surface area contributed by atoms with Gasteiger partial charge in [-0.2, -0.15) is 0 Å². The lowest BCUT2D eigenvalue weighted by Crippen LogP contribution is -2.22. The monoisotopic (exact) mass is 341 g/mol. The summed E-state index contributed by atoms with van der Waals surface area (Å²) in [5.41, 5.74) is 4.99. The Morgan fingerprint density at radius 1 is 0.846 bits per heavy atom. The second-order valence-electron chi connectivity index (χ2n) is 6.23. The van der Waals surface area contributed by atoms with Crippen molar-refractivity contribution in [3.63, 3.8) is 0 Å². The highest BCUT2D eigenvalue weighted by atomic mass is 16.1. The molecule has 1 aromatic heterocycles. The van der Waals surface area contributed by atoms with Gasteiger partial charge in [-0.05, 0) is 35.4 Å². The van der Waals surface area contributed by atoms with Gasteiger partial charge in [0, 0.05) is 18.7 Å². The van der Waals surface area contributed by atoms with E-state index in [0.717, 1.165) is 28.7 Å². The fourth-order valence-electron chi connectivity index (χ4n) is 2.97. The van der Waals surface area contributed by atoms with Crippen LogP contribution in [0.5, 0.6) is 0 Å². The molecule has 4 nitrogen and oxygen atoms in total. The van der Waals surface area contributed by atoms with Crippen molar-refractivity contribution in [3.8, 4) is 0 Å². The van der Waals surface area contributed by atoms with E-state index in [-0.39, 0.29) is 5.91 Å². The first-order valence-corrected chi connectivity index (χ1v) is 8.60. The molecular weight excluding hydrogens is 322 g/mol. The topological polar surface area (TPSA) is 46.9 Å². The highest BCUT2D eigenvalue weighted by Crippen LogP contribution is 2.14. The van der Waals surface area contributed by atoms with Crippen LogP contribution in [0.3, 0.4) is 0 Å². The number of aromatic nitrogens is 2. The van der Waals surface area contributed by atoms with Gasteiger partial charge in [-0.3, -0.25) is 4.79 Å². The van der Waals surface area contributed by atoms with Gasteiger partial charge in [0.15, 0.2) is 0 Å². The number of nitrogens with one attached hydrogen (secondary N) is 1. The molecule has 0 aliphatic carbocycles. The van der Waals surface area contributed by atoms with Gasteiger partial charge >= 0.3 is 0 Å². The summed E-state index contributed by atoms with van der Waals surface area (Å²) < 4.78 is 2.11. The molecule has 0 saturated carbocycles. The number of amides is 1. The van der Waals surface area contributed by atoms with Gasteiger partial charge in [-0.1, -0.05) is 54.6 Å². The molecule has 4 rings (SSSR count). The summed E-state index contributed by atoms with van der Waals surface area (Å²) in [6, 6.07) is 25.7. The third-order valence-corrected chi connectivity index (χ3v) is 4.39. The summed E-state index contributed by atoms with van der Waals surface area (Å²) in [6.07, 6.45) is 1.85. The lowest BCUT2D eigenvalue weighted by atomic mass is 10.1. The van der Waals surface area contributed by atoms with Crippen molar-refractivity contribution in [1.29, 1.82) is 0 Å². The number of imidazole rings is 1. The van der Waals surface area contributed by atoms with Crippen LogP contribution < -0.4 is 5.32 Å². The number of para-hydroxylation sites is 2. The Morgan fingerprint density at radius 3 is 2.38 bits per heavy atom. The van der Waals surface area contributed by atoms with Crippen molar-refractivity contribution in [2.45, 2.75) is 13.1 Å². The van der Waals surface area contributed by atoms with Crippen LogP contribution in [0, 0.1) is 0 Å². The standard InChI is InChI=1S/C22H19N3O/c26-22(23-14-17-6-2-1-3-7-17)19-12-10-18(11-13-19)15-25-16-24-20-8-4-5-9-21(20)25/h1-13,16H,14-15H2,(H,23,26). The zero-order chi connectivity index (χ0) is 17.8. The van der Waals surface area contributed by atoms with Crippen molar-refractivity contribution in [1.82, 2.24) is 14.9 Å². The predicted octanol–water partition coefficient (Wildman–Crippen LogP) is 4.01. The van der Waals surface area contributed by atoms with Crippen LogP contribution in [0.2, 0.25) is 0 Å². The van der Waals surface area contributed by atoms with Gasteiger partial charge in [0.2, 0.25) is 0 Å². The molecule has 1 N–H and O–H groups in total. The zero-order valence-electron chi connectivity index (χ0n) is 14.3. The molecule has 0 atom stereocenters. The fourth-order valence-corrected chi connectivity index (χ4v) is 2.97. The molecule has 0 aliphatic heterocycles. The minimum absolute atomic E-state index is 0.0616. The number of hydrogen-bond acceptors (Lipinski definition) is 2. The molecule has 1 heterocycles. The van der Waals surface area contributed by atoms with Crippen LogP contribution >= 0.6 is 0 Å². The fraction of sp³-hybridized carbons (Fsp3) is 0.0909. The van der Waals surface area contributed by atoms with Gasteiger partial charge in [0.05, 0.1) is 17.4 Å². The Hall–Kier alpha value is -3.40. The van der Waals surface area contributed by atoms with Gasteiger partial charge in [0.1, 0.15) is 0 Å². The van der Waals surface area contributed by atoms with E-state index >= 15 is 0 Å². The smallest absolute Gasteiger partial charge is 0.251 e. The number of carbonyl (C=O) groups excluding carboxylic acids is 1. The molecule has 0 spiro atoms. The Morgan fingerprint density at radius 2 is 1.58 bits per heavy atom. The van der Waals surface area contributed by atoms with Crippen molar-refractivity contribution in [3.05, 3.63) is 102 Å². The van der Waals surface area contributed by atoms with E-state index in [1.165, 1.54) is 0 Å². The molecule has 0 radical (unpaired) electrons. The van der Waals surface area contributed by atoms with E-state index < -0.39 is 0 Å². The first-order chi connectivity index (χ1) is 12.8. The minimum atomic E-state index is -0.0616. The number of nitrogens with zero attached hydrogens (tertiary/aromatic N) is 2. The maximum atomic E-state index is 12.3. The van der Waals surface area contributed by atoms with Crippen LogP contribution in [0.25, 0.3) is 11.0 Å². The second-order valence-corrected chi connectivity index (χ2v) is 6.23. The molecule has 1 amide bonds. The molecule has 128 valence electrons. The van der Waals surface area contributed by atoms with Crippen LogP contribution in [0.15, 0.2) is 85.2 Å². The van der Waals surface area contributed by atoms with Crippen LogP contribution in [-0.2, 0) is 13.1 Å². The van der Waals surface area contributed by atoms with E-state index in [1.54, 1.807) is 0 Å². The van der Waals surface area contributed by atoms with E-state index in [4.69, 9.17) is 0 Å². The van der Waals surface area contributed by atoms with Crippen LogP contribution in [0.1, 0.15) is 21.5 Å². The normalized spacial score (nSPS) is 10.8. The van der Waals surface area contributed by atoms with E-state index in [2.05, 4.69) is 20.9 Å². The number of fused-ring (bicyclic) bond motifs is 1. The molecule has 0 unspecified atom stereocenters. The summed E-state index contributed by atoms with van der Waals surface area (Å²) in [5, 5.41) is 2.95. The van der Waals surface area contributed by atoms with Gasteiger partial charge in [-0.15, -0.1) is 0 Å².